The van der Waals surface area contributed by atoms with Crippen LogP contribution in [0.5, 0.6) is 0 Å². The highest BCUT2D eigenvalue weighted by atomic mass is 16.4. The minimum absolute atomic E-state index is 0.0654. The monoisotopic (exact) mass is 234 g/mol. The zero-order valence-electron chi connectivity index (χ0n) is 9.31. The molecule has 0 radical (unpaired) electrons. The van der Waals surface area contributed by atoms with Gasteiger partial charge in [0, 0.05) is 19.3 Å². The molecule has 0 spiro atoms. The number of amidine groups is 1. The van der Waals surface area contributed by atoms with E-state index in [2.05, 4.69) is 20.6 Å². The maximum absolute atomic E-state index is 10.4. The maximum atomic E-state index is 10.4. The van der Waals surface area contributed by atoms with E-state index in [9.17, 15) is 4.79 Å². The summed E-state index contributed by atoms with van der Waals surface area (Å²) in [4.78, 5) is 18.9. The Kier molecular flexibility index (Phi) is 3.54. The summed E-state index contributed by atoms with van der Waals surface area (Å²) in [5.41, 5.74) is 0.885. The average Bonchev–Trinajstić information content (AvgIpc) is 2.82. The molecule has 90 valence electrons. The topological polar surface area (TPSA) is 86.6 Å². The van der Waals surface area contributed by atoms with E-state index >= 15 is 0 Å². The first-order valence-electron chi connectivity index (χ1n) is 5.47. The van der Waals surface area contributed by atoms with E-state index in [0.29, 0.717) is 12.4 Å². The number of hydrogen-bond donors (Lipinski definition) is 3. The molecule has 2 rings (SSSR count). The lowest BCUT2D eigenvalue weighted by molar-refractivity contribution is -0.136. The highest BCUT2D eigenvalue weighted by molar-refractivity contribution is 6.03. The molecule has 0 atom stereocenters. The second-order valence-corrected chi connectivity index (χ2v) is 3.63. The Morgan fingerprint density at radius 2 is 2.47 bits per heavy atom. The Balaban J connectivity index is 2.08. The molecule has 2 heterocycles. The van der Waals surface area contributed by atoms with Crippen molar-refractivity contribution in [1.82, 2.24) is 10.3 Å². The largest absolute Gasteiger partial charge is 0.481 e. The van der Waals surface area contributed by atoms with Gasteiger partial charge in [-0.2, -0.15) is 0 Å². The number of nitrogens with one attached hydrogen (secondary N) is 2. The summed E-state index contributed by atoms with van der Waals surface area (Å²) in [5.74, 6) is 0.657. The van der Waals surface area contributed by atoms with Crippen LogP contribution in [0.2, 0.25) is 0 Å². The van der Waals surface area contributed by atoms with Gasteiger partial charge in [0.1, 0.15) is 11.7 Å². The standard InChI is InChI=1S/C11H14N4O2/c16-9(17)3-5-13-10-8(2-1-4-12-10)11-14-6-7-15-11/h1-2,4H,3,5-7H2,(H,12,13)(H,14,15)(H,16,17). The van der Waals surface area contributed by atoms with E-state index in [-0.39, 0.29) is 6.42 Å². The van der Waals surface area contributed by atoms with Crippen LogP contribution in [-0.4, -0.2) is 41.5 Å². The number of carbonyl (C=O) groups is 1. The molecule has 1 aromatic rings. The molecule has 1 aliphatic heterocycles. The van der Waals surface area contributed by atoms with E-state index < -0.39 is 5.97 Å². The number of anilines is 1. The fourth-order valence-electron chi connectivity index (χ4n) is 1.60. The molecule has 0 amide bonds. The number of nitrogens with zero attached hydrogens (tertiary/aromatic N) is 2. The van der Waals surface area contributed by atoms with Gasteiger partial charge in [-0.25, -0.2) is 4.98 Å². The number of aliphatic imine (C=N–C) groups is 1. The first kappa shape index (κ1) is 11.4. The fourth-order valence-corrected chi connectivity index (χ4v) is 1.60. The first-order chi connectivity index (χ1) is 8.27. The summed E-state index contributed by atoms with van der Waals surface area (Å²) < 4.78 is 0. The summed E-state index contributed by atoms with van der Waals surface area (Å²) in [5, 5.41) is 14.8. The van der Waals surface area contributed by atoms with E-state index in [4.69, 9.17) is 5.11 Å². The van der Waals surface area contributed by atoms with Gasteiger partial charge in [0.25, 0.3) is 0 Å². The molecule has 1 aromatic heterocycles. The van der Waals surface area contributed by atoms with E-state index in [0.717, 1.165) is 24.5 Å². The lowest BCUT2D eigenvalue weighted by atomic mass is 10.2. The van der Waals surface area contributed by atoms with Crippen molar-refractivity contribution in [2.75, 3.05) is 25.0 Å². The molecule has 0 saturated carbocycles. The van der Waals surface area contributed by atoms with Crippen molar-refractivity contribution in [3.8, 4) is 0 Å². The molecule has 0 saturated heterocycles. The van der Waals surface area contributed by atoms with Gasteiger partial charge in [0.05, 0.1) is 18.5 Å². The number of carboxylic acids is 1. The third-order valence-corrected chi connectivity index (χ3v) is 2.37. The molecule has 17 heavy (non-hydrogen) atoms. The summed E-state index contributed by atoms with van der Waals surface area (Å²) in [7, 11) is 0. The maximum Gasteiger partial charge on any atom is 0.305 e. The van der Waals surface area contributed by atoms with Crippen molar-refractivity contribution in [3.63, 3.8) is 0 Å². The Hall–Kier alpha value is -2.11. The van der Waals surface area contributed by atoms with Gasteiger partial charge in [0.2, 0.25) is 0 Å². The molecule has 6 nitrogen and oxygen atoms in total. The smallest absolute Gasteiger partial charge is 0.305 e. The van der Waals surface area contributed by atoms with Gasteiger partial charge in [-0.05, 0) is 12.1 Å². The van der Waals surface area contributed by atoms with Crippen LogP contribution in [0.4, 0.5) is 5.82 Å². The number of hydrogen-bond acceptors (Lipinski definition) is 5. The number of carboxylic acid groups (broad SMARTS) is 1. The summed E-state index contributed by atoms with van der Waals surface area (Å²) >= 11 is 0. The number of aliphatic carboxylic acids is 1. The number of rotatable bonds is 5. The lowest BCUT2D eigenvalue weighted by Gasteiger charge is -2.10. The van der Waals surface area contributed by atoms with Gasteiger partial charge in [-0.3, -0.25) is 9.79 Å². The van der Waals surface area contributed by atoms with Crippen LogP contribution in [0.3, 0.4) is 0 Å². The van der Waals surface area contributed by atoms with Crippen LogP contribution >= 0.6 is 0 Å². The zero-order valence-corrected chi connectivity index (χ0v) is 9.31. The fraction of sp³-hybridized carbons (Fsp3) is 0.364. The number of pyridine rings is 1. The molecular weight excluding hydrogens is 220 g/mol. The van der Waals surface area contributed by atoms with E-state index in [1.54, 1.807) is 6.20 Å². The van der Waals surface area contributed by atoms with Crippen molar-refractivity contribution in [2.24, 2.45) is 4.99 Å². The molecule has 0 fully saturated rings. The van der Waals surface area contributed by atoms with Crippen LogP contribution in [0.25, 0.3) is 0 Å². The SMILES string of the molecule is O=C(O)CCNc1ncccc1C1=NCCN1. The molecule has 0 unspecified atom stereocenters. The molecule has 6 heteroatoms. The van der Waals surface area contributed by atoms with Crippen molar-refractivity contribution >= 4 is 17.6 Å². The van der Waals surface area contributed by atoms with Gasteiger partial charge in [-0.1, -0.05) is 0 Å². The quantitative estimate of drug-likeness (QED) is 0.683. The molecule has 3 N–H and O–H groups in total. The summed E-state index contributed by atoms with van der Waals surface area (Å²) in [6.45, 7) is 1.95. The second-order valence-electron chi connectivity index (χ2n) is 3.63. The molecule has 1 aliphatic rings. The van der Waals surface area contributed by atoms with Crippen LogP contribution in [0.15, 0.2) is 23.3 Å². The van der Waals surface area contributed by atoms with E-state index in [1.165, 1.54) is 0 Å². The molecule has 0 aliphatic carbocycles. The third-order valence-electron chi connectivity index (χ3n) is 2.37. The van der Waals surface area contributed by atoms with Gasteiger partial charge in [0.15, 0.2) is 0 Å². The van der Waals surface area contributed by atoms with Gasteiger partial charge < -0.3 is 15.7 Å². The van der Waals surface area contributed by atoms with Crippen molar-refractivity contribution < 1.29 is 9.90 Å². The van der Waals surface area contributed by atoms with Crippen molar-refractivity contribution in [1.29, 1.82) is 0 Å². The summed E-state index contributed by atoms with van der Waals surface area (Å²) in [6, 6.07) is 3.74. The van der Waals surface area contributed by atoms with E-state index in [1.807, 2.05) is 12.1 Å². The average molecular weight is 234 g/mol. The van der Waals surface area contributed by atoms with Crippen molar-refractivity contribution in [2.45, 2.75) is 6.42 Å². The Bertz CT molecular complexity index is 445. The highest BCUT2D eigenvalue weighted by Gasteiger charge is 2.12. The predicted molar refractivity (Wildman–Crippen MR) is 64.4 cm³/mol. The second kappa shape index (κ2) is 5.29. The van der Waals surface area contributed by atoms with Crippen LogP contribution in [-0.2, 0) is 4.79 Å². The van der Waals surface area contributed by atoms with Crippen LogP contribution < -0.4 is 10.6 Å². The van der Waals surface area contributed by atoms with Gasteiger partial charge in [-0.15, -0.1) is 0 Å². The summed E-state index contributed by atoms with van der Waals surface area (Å²) in [6.07, 6.45) is 1.73. The van der Waals surface area contributed by atoms with Crippen molar-refractivity contribution in [3.05, 3.63) is 23.9 Å². The molecule has 0 bridgehead atoms. The lowest BCUT2D eigenvalue weighted by Crippen LogP contribution is -2.21. The predicted octanol–water partition coefficient (Wildman–Crippen LogP) is 0.318. The third kappa shape index (κ3) is 2.93. The normalized spacial score (nSPS) is 14.0. The number of aromatic nitrogens is 1. The Morgan fingerprint density at radius 1 is 1.59 bits per heavy atom. The molecular formula is C11H14N4O2. The van der Waals surface area contributed by atoms with Crippen LogP contribution in [0, 0.1) is 0 Å². The Morgan fingerprint density at radius 3 is 3.18 bits per heavy atom. The molecule has 0 aromatic carbocycles. The highest BCUT2D eigenvalue weighted by Crippen LogP contribution is 2.13. The minimum atomic E-state index is -0.827. The Labute approximate surface area is 98.8 Å². The van der Waals surface area contributed by atoms with Gasteiger partial charge >= 0.3 is 5.97 Å². The first-order valence-corrected chi connectivity index (χ1v) is 5.47. The minimum Gasteiger partial charge on any atom is -0.481 e. The van der Waals surface area contributed by atoms with Crippen LogP contribution in [0.1, 0.15) is 12.0 Å². The zero-order chi connectivity index (χ0) is 12.1.